The molecule has 98 valence electrons. The maximum absolute atomic E-state index is 11.0. The highest BCUT2D eigenvalue weighted by Crippen LogP contribution is 2.11. The van der Waals surface area contributed by atoms with E-state index in [-0.39, 0.29) is 12.6 Å². The summed E-state index contributed by atoms with van der Waals surface area (Å²) >= 11 is 5.83. The van der Waals surface area contributed by atoms with Crippen molar-refractivity contribution in [1.82, 2.24) is 5.32 Å². The highest BCUT2D eigenvalue weighted by molar-refractivity contribution is 6.30. The summed E-state index contributed by atoms with van der Waals surface area (Å²) < 4.78 is 4.71. The van der Waals surface area contributed by atoms with Gasteiger partial charge < -0.3 is 16.2 Å². The quantitative estimate of drug-likeness (QED) is 0.759. The second-order valence-corrected chi connectivity index (χ2v) is 4.12. The topological polar surface area (TPSA) is 107 Å². The summed E-state index contributed by atoms with van der Waals surface area (Å²) in [4.78, 5) is 21.3. The van der Waals surface area contributed by atoms with Crippen molar-refractivity contribution >= 4 is 23.7 Å². The number of imide groups is 1. The van der Waals surface area contributed by atoms with Crippen LogP contribution < -0.4 is 16.8 Å². The molecule has 1 aromatic carbocycles. The molecular weight excluding hydrogens is 258 g/mol. The second kappa shape index (κ2) is 6.83. The number of urea groups is 1. The van der Waals surface area contributed by atoms with Crippen LogP contribution in [0.15, 0.2) is 24.3 Å². The molecule has 0 fully saturated rings. The number of halogens is 1. The van der Waals surface area contributed by atoms with E-state index in [9.17, 15) is 9.59 Å². The number of carbonyl (C=O) groups excluding carboxylic acids is 2. The van der Waals surface area contributed by atoms with Gasteiger partial charge in [0, 0.05) is 11.1 Å². The van der Waals surface area contributed by atoms with Gasteiger partial charge in [-0.3, -0.25) is 0 Å². The Morgan fingerprint density at radius 2 is 2.17 bits per heavy atom. The Hall–Kier alpha value is -1.79. The van der Waals surface area contributed by atoms with E-state index in [1.807, 2.05) is 12.1 Å². The molecule has 0 aromatic heterocycles. The lowest BCUT2D eigenvalue weighted by Gasteiger charge is -2.12. The van der Waals surface area contributed by atoms with Crippen LogP contribution in [0.4, 0.5) is 9.59 Å². The Bertz CT molecular complexity index is 439. The minimum Gasteiger partial charge on any atom is -0.448 e. The molecule has 0 saturated carbocycles. The van der Waals surface area contributed by atoms with E-state index >= 15 is 0 Å². The van der Waals surface area contributed by atoms with Crippen molar-refractivity contribution in [2.24, 2.45) is 11.5 Å². The first-order chi connectivity index (χ1) is 8.47. The minimum atomic E-state index is -0.969. The zero-order valence-corrected chi connectivity index (χ0v) is 10.3. The van der Waals surface area contributed by atoms with Crippen molar-refractivity contribution in [2.45, 2.75) is 12.5 Å². The molecule has 3 amide bonds. The molecule has 5 N–H and O–H groups in total. The number of nitrogens with one attached hydrogen (secondary N) is 1. The van der Waals surface area contributed by atoms with Crippen LogP contribution in [0.25, 0.3) is 0 Å². The first-order valence-corrected chi connectivity index (χ1v) is 5.58. The van der Waals surface area contributed by atoms with Gasteiger partial charge in [0.15, 0.2) is 0 Å². The molecule has 1 atom stereocenters. The van der Waals surface area contributed by atoms with Gasteiger partial charge in [0.25, 0.3) is 0 Å². The molecule has 0 radical (unpaired) electrons. The molecule has 1 aromatic rings. The average Bonchev–Trinajstić information content (AvgIpc) is 2.25. The van der Waals surface area contributed by atoms with E-state index in [2.05, 4.69) is 0 Å². The van der Waals surface area contributed by atoms with E-state index in [1.54, 1.807) is 17.4 Å². The zero-order chi connectivity index (χ0) is 13.5. The summed E-state index contributed by atoms with van der Waals surface area (Å²) in [7, 11) is 0. The third-order valence-corrected chi connectivity index (χ3v) is 2.28. The van der Waals surface area contributed by atoms with Crippen LogP contribution in [0.2, 0.25) is 5.02 Å². The molecule has 7 heteroatoms. The third-order valence-electron chi connectivity index (χ3n) is 2.04. The highest BCUT2D eigenvalue weighted by atomic mass is 35.5. The van der Waals surface area contributed by atoms with Gasteiger partial charge >= 0.3 is 12.1 Å². The molecule has 6 nitrogen and oxygen atoms in total. The van der Waals surface area contributed by atoms with Gasteiger partial charge in [-0.05, 0) is 24.1 Å². The van der Waals surface area contributed by atoms with Crippen molar-refractivity contribution in [3.05, 3.63) is 34.9 Å². The number of hydrogen-bond donors (Lipinski definition) is 3. The summed E-state index contributed by atoms with van der Waals surface area (Å²) in [6.07, 6.45) is -0.409. The fraction of sp³-hybridized carbons (Fsp3) is 0.273. The Labute approximate surface area is 109 Å². The third kappa shape index (κ3) is 5.51. The molecule has 1 unspecified atom stereocenters. The second-order valence-electron chi connectivity index (χ2n) is 3.68. The normalized spacial score (nSPS) is 11.7. The molecule has 0 aliphatic heterocycles. The molecule has 0 aliphatic carbocycles. The molecular formula is C11H14ClN3O3. The lowest BCUT2D eigenvalue weighted by atomic mass is 10.1. The molecule has 0 bridgehead atoms. The van der Waals surface area contributed by atoms with Gasteiger partial charge in [0.1, 0.15) is 6.61 Å². The summed E-state index contributed by atoms with van der Waals surface area (Å²) in [5.41, 5.74) is 11.5. The maximum Gasteiger partial charge on any atom is 0.415 e. The van der Waals surface area contributed by atoms with Gasteiger partial charge in [-0.1, -0.05) is 23.7 Å². The number of nitrogens with two attached hydrogens (primary N) is 2. The van der Waals surface area contributed by atoms with Gasteiger partial charge in [-0.2, -0.15) is 0 Å². The molecule has 0 aliphatic rings. The van der Waals surface area contributed by atoms with Crippen LogP contribution in [-0.2, 0) is 11.2 Å². The van der Waals surface area contributed by atoms with E-state index in [0.717, 1.165) is 5.56 Å². The van der Waals surface area contributed by atoms with E-state index in [0.29, 0.717) is 11.4 Å². The first-order valence-electron chi connectivity index (χ1n) is 5.20. The van der Waals surface area contributed by atoms with Crippen molar-refractivity contribution < 1.29 is 14.3 Å². The van der Waals surface area contributed by atoms with Crippen molar-refractivity contribution in [2.75, 3.05) is 6.61 Å². The number of amides is 3. The van der Waals surface area contributed by atoms with Gasteiger partial charge in [0.2, 0.25) is 0 Å². The van der Waals surface area contributed by atoms with Crippen LogP contribution in [-0.4, -0.2) is 24.8 Å². The zero-order valence-electron chi connectivity index (χ0n) is 9.56. The fourth-order valence-corrected chi connectivity index (χ4v) is 1.56. The SMILES string of the molecule is NC(=O)NC(=O)OCC(N)Cc1cccc(Cl)c1. The predicted octanol–water partition coefficient (Wildman–Crippen LogP) is 1.01. The lowest BCUT2D eigenvalue weighted by molar-refractivity contribution is 0.140. The van der Waals surface area contributed by atoms with E-state index < -0.39 is 12.1 Å². The van der Waals surface area contributed by atoms with E-state index in [1.165, 1.54) is 0 Å². The first kappa shape index (κ1) is 14.3. The Morgan fingerprint density at radius 1 is 1.44 bits per heavy atom. The van der Waals surface area contributed by atoms with Crippen LogP contribution in [0.5, 0.6) is 0 Å². The Balaban J connectivity index is 2.35. The van der Waals surface area contributed by atoms with Crippen molar-refractivity contribution in [3.8, 4) is 0 Å². The summed E-state index contributed by atoms with van der Waals surface area (Å²) in [6, 6.07) is 5.86. The number of rotatable bonds is 4. The number of alkyl carbamates (subject to hydrolysis) is 1. The van der Waals surface area contributed by atoms with Crippen LogP contribution in [0, 0.1) is 0 Å². The predicted molar refractivity (Wildman–Crippen MR) is 67.2 cm³/mol. The van der Waals surface area contributed by atoms with Gasteiger partial charge in [0.05, 0.1) is 0 Å². The molecule has 0 heterocycles. The highest BCUT2D eigenvalue weighted by Gasteiger charge is 2.09. The number of hydrogen-bond acceptors (Lipinski definition) is 4. The fourth-order valence-electron chi connectivity index (χ4n) is 1.35. The molecule has 0 saturated heterocycles. The largest absolute Gasteiger partial charge is 0.448 e. The summed E-state index contributed by atoms with van der Waals surface area (Å²) in [5, 5.41) is 2.39. The number of carbonyl (C=O) groups is 2. The smallest absolute Gasteiger partial charge is 0.415 e. The van der Waals surface area contributed by atoms with Gasteiger partial charge in [-0.15, -0.1) is 0 Å². The van der Waals surface area contributed by atoms with Crippen LogP contribution >= 0.6 is 11.6 Å². The average molecular weight is 272 g/mol. The monoisotopic (exact) mass is 271 g/mol. The number of benzene rings is 1. The summed E-state index contributed by atoms with van der Waals surface area (Å²) in [6.45, 7) is -0.0222. The number of primary amides is 1. The number of ether oxygens (including phenoxy) is 1. The molecule has 18 heavy (non-hydrogen) atoms. The van der Waals surface area contributed by atoms with Crippen molar-refractivity contribution in [1.29, 1.82) is 0 Å². The lowest BCUT2D eigenvalue weighted by Crippen LogP contribution is -2.38. The molecule has 1 rings (SSSR count). The summed E-state index contributed by atoms with van der Waals surface area (Å²) in [5.74, 6) is 0. The maximum atomic E-state index is 11.0. The Kier molecular flexibility index (Phi) is 5.41. The standard InChI is InChI=1S/C11H14ClN3O3/c12-8-3-1-2-7(4-8)5-9(13)6-18-11(17)15-10(14)16/h1-4,9H,5-6,13H2,(H3,14,15,16,17). The van der Waals surface area contributed by atoms with Crippen molar-refractivity contribution in [3.63, 3.8) is 0 Å². The Morgan fingerprint density at radius 3 is 2.78 bits per heavy atom. The van der Waals surface area contributed by atoms with Crippen LogP contribution in [0.1, 0.15) is 5.56 Å². The van der Waals surface area contributed by atoms with Crippen LogP contribution in [0.3, 0.4) is 0 Å². The minimum absolute atomic E-state index is 0.0222. The molecule has 0 spiro atoms. The van der Waals surface area contributed by atoms with Gasteiger partial charge in [-0.25, -0.2) is 14.9 Å². The van der Waals surface area contributed by atoms with E-state index in [4.69, 9.17) is 27.8 Å².